The number of hydrogen-bond acceptors (Lipinski definition) is 2. The maximum Gasteiger partial charge on any atom is 0.243 e. The van der Waals surface area contributed by atoms with E-state index in [1.54, 1.807) is 4.90 Å². The Bertz CT molecular complexity index is 1030. The summed E-state index contributed by atoms with van der Waals surface area (Å²) < 4.78 is 0. The number of benzene rings is 3. The quantitative estimate of drug-likeness (QED) is 0.483. The Balaban J connectivity index is 1.95. The number of hydrogen-bond donors (Lipinski definition) is 1. The monoisotopic (exact) mass is 442 g/mol. The Labute approximate surface area is 197 Å². The summed E-state index contributed by atoms with van der Waals surface area (Å²) in [6.45, 7) is 7.15. The van der Waals surface area contributed by atoms with E-state index in [9.17, 15) is 9.59 Å². The third-order valence-corrected chi connectivity index (χ3v) is 5.76. The van der Waals surface area contributed by atoms with Gasteiger partial charge in [0.2, 0.25) is 11.8 Å². The predicted octanol–water partition coefficient (Wildman–Crippen LogP) is 4.95. The van der Waals surface area contributed by atoms with Crippen molar-refractivity contribution in [1.29, 1.82) is 0 Å². The zero-order valence-corrected chi connectivity index (χ0v) is 19.8. The Kier molecular flexibility index (Phi) is 8.82. The van der Waals surface area contributed by atoms with Gasteiger partial charge in [0.1, 0.15) is 6.04 Å². The molecule has 0 aliphatic heterocycles. The maximum absolute atomic E-state index is 13.6. The molecule has 0 radical (unpaired) electrons. The van der Waals surface area contributed by atoms with Gasteiger partial charge in [-0.3, -0.25) is 9.59 Å². The third kappa shape index (κ3) is 7.31. The molecule has 33 heavy (non-hydrogen) atoms. The highest BCUT2D eigenvalue weighted by atomic mass is 16.2. The number of carbonyl (C=O) groups excluding carboxylic acids is 2. The zero-order chi connectivity index (χ0) is 23.6. The molecule has 0 aromatic heterocycles. The molecule has 0 aliphatic rings. The summed E-state index contributed by atoms with van der Waals surface area (Å²) in [6, 6.07) is 27.1. The first-order valence-electron chi connectivity index (χ1n) is 11.6. The van der Waals surface area contributed by atoms with Crippen molar-refractivity contribution in [2.75, 3.05) is 6.54 Å². The topological polar surface area (TPSA) is 49.4 Å². The molecule has 0 fully saturated rings. The number of aryl methyl sites for hydroxylation is 1. The van der Waals surface area contributed by atoms with E-state index in [0.29, 0.717) is 25.4 Å². The van der Waals surface area contributed by atoms with E-state index >= 15 is 0 Å². The van der Waals surface area contributed by atoms with Crippen LogP contribution in [0.1, 0.15) is 36.1 Å². The molecule has 172 valence electrons. The summed E-state index contributed by atoms with van der Waals surface area (Å²) in [4.78, 5) is 28.8. The smallest absolute Gasteiger partial charge is 0.243 e. The fourth-order valence-electron chi connectivity index (χ4n) is 3.82. The second-order valence-electron chi connectivity index (χ2n) is 8.96. The number of carbonyl (C=O) groups is 2. The van der Waals surface area contributed by atoms with E-state index in [4.69, 9.17) is 0 Å². The second-order valence-corrected chi connectivity index (χ2v) is 8.96. The summed E-state index contributed by atoms with van der Waals surface area (Å²) in [7, 11) is 0. The molecule has 0 heterocycles. The summed E-state index contributed by atoms with van der Waals surface area (Å²) in [5.41, 5.74) is 4.13. The summed E-state index contributed by atoms with van der Waals surface area (Å²) in [5, 5.41) is 3.07. The predicted molar refractivity (Wildman–Crippen MR) is 134 cm³/mol. The van der Waals surface area contributed by atoms with Crippen molar-refractivity contribution in [3.8, 4) is 0 Å². The van der Waals surface area contributed by atoms with Crippen LogP contribution in [0.15, 0.2) is 84.9 Å². The standard InChI is InChI=1S/C29H34N2O2/c1-22(2)20-30-29(33)27(18-24-13-6-4-7-14-24)31(21-26-17-11-10-12-23(26)3)28(32)19-25-15-8-5-9-16-25/h4-17,22,27H,18-21H2,1-3H3,(H,30,33)/t27-/m1/s1. The van der Waals surface area contributed by atoms with Crippen molar-refractivity contribution in [1.82, 2.24) is 10.2 Å². The normalized spacial score (nSPS) is 11.8. The largest absolute Gasteiger partial charge is 0.354 e. The highest BCUT2D eigenvalue weighted by molar-refractivity contribution is 5.88. The van der Waals surface area contributed by atoms with Crippen LogP contribution in [0.25, 0.3) is 0 Å². The molecule has 4 nitrogen and oxygen atoms in total. The van der Waals surface area contributed by atoms with Gasteiger partial charge in [0.15, 0.2) is 0 Å². The van der Waals surface area contributed by atoms with Gasteiger partial charge in [-0.1, -0.05) is 98.8 Å². The van der Waals surface area contributed by atoms with E-state index in [0.717, 1.165) is 22.3 Å². The van der Waals surface area contributed by atoms with Crippen molar-refractivity contribution < 1.29 is 9.59 Å². The van der Waals surface area contributed by atoms with E-state index in [2.05, 4.69) is 19.2 Å². The first-order valence-corrected chi connectivity index (χ1v) is 11.6. The third-order valence-electron chi connectivity index (χ3n) is 5.76. The van der Waals surface area contributed by atoms with Crippen molar-refractivity contribution >= 4 is 11.8 Å². The van der Waals surface area contributed by atoms with Crippen molar-refractivity contribution in [2.24, 2.45) is 5.92 Å². The second kappa shape index (κ2) is 12.0. The average Bonchev–Trinajstić information content (AvgIpc) is 2.82. The van der Waals surface area contributed by atoms with Crippen molar-refractivity contribution in [3.63, 3.8) is 0 Å². The van der Waals surface area contributed by atoms with Crippen LogP contribution in [0.5, 0.6) is 0 Å². The lowest BCUT2D eigenvalue weighted by atomic mass is 10.00. The molecule has 0 spiro atoms. The van der Waals surface area contributed by atoms with Gasteiger partial charge in [-0.25, -0.2) is 0 Å². The molecule has 3 aromatic rings. The van der Waals surface area contributed by atoms with Crippen LogP contribution < -0.4 is 5.32 Å². The first-order chi connectivity index (χ1) is 15.9. The molecule has 4 heteroatoms. The molecule has 0 saturated heterocycles. The lowest BCUT2D eigenvalue weighted by Gasteiger charge is -2.32. The molecule has 1 atom stereocenters. The number of nitrogens with one attached hydrogen (secondary N) is 1. The molecular weight excluding hydrogens is 408 g/mol. The minimum Gasteiger partial charge on any atom is -0.354 e. The zero-order valence-electron chi connectivity index (χ0n) is 19.8. The molecule has 0 aliphatic carbocycles. The van der Waals surface area contributed by atoms with Gasteiger partial charge < -0.3 is 10.2 Å². The van der Waals surface area contributed by atoms with Gasteiger partial charge in [0.05, 0.1) is 6.42 Å². The Morgan fingerprint density at radius 1 is 0.818 bits per heavy atom. The van der Waals surface area contributed by atoms with E-state index in [1.807, 2.05) is 91.9 Å². The molecule has 0 bridgehead atoms. The minimum atomic E-state index is -0.595. The van der Waals surface area contributed by atoms with Gasteiger partial charge in [-0.05, 0) is 35.1 Å². The number of rotatable bonds is 10. The van der Waals surface area contributed by atoms with Gasteiger partial charge in [0.25, 0.3) is 0 Å². The van der Waals surface area contributed by atoms with Crippen LogP contribution in [0, 0.1) is 12.8 Å². The Morgan fingerprint density at radius 2 is 1.39 bits per heavy atom. The van der Waals surface area contributed by atoms with Gasteiger partial charge in [-0.15, -0.1) is 0 Å². The maximum atomic E-state index is 13.6. The molecule has 0 unspecified atom stereocenters. The first kappa shape index (κ1) is 24.2. The van der Waals surface area contributed by atoms with Crippen LogP contribution in [0.4, 0.5) is 0 Å². The lowest BCUT2D eigenvalue weighted by molar-refractivity contribution is -0.140. The molecule has 3 rings (SSSR count). The fraction of sp³-hybridized carbons (Fsp3) is 0.310. The molecule has 2 amide bonds. The van der Waals surface area contributed by atoms with E-state index in [1.165, 1.54) is 0 Å². The van der Waals surface area contributed by atoms with Gasteiger partial charge in [0, 0.05) is 19.5 Å². The fourth-order valence-corrected chi connectivity index (χ4v) is 3.82. The van der Waals surface area contributed by atoms with Crippen LogP contribution in [0.2, 0.25) is 0 Å². The molecular formula is C29H34N2O2. The van der Waals surface area contributed by atoms with Crippen molar-refractivity contribution in [3.05, 3.63) is 107 Å². The highest BCUT2D eigenvalue weighted by Crippen LogP contribution is 2.18. The Morgan fingerprint density at radius 3 is 2.00 bits per heavy atom. The van der Waals surface area contributed by atoms with Crippen LogP contribution >= 0.6 is 0 Å². The number of nitrogens with zero attached hydrogens (tertiary/aromatic N) is 1. The number of amides is 2. The van der Waals surface area contributed by atoms with E-state index in [-0.39, 0.29) is 18.2 Å². The summed E-state index contributed by atoms with van der Waals surface area (Å²) in [5.74, 6) is 0.170. The molecule has 1 N–H and O–H groups in total. The average molecular weight is 443 g/mol. The minimum absolute atomic E-state index is 0.0509. The van der Waals surface area contributed by atoms with Gasteiger partial charge >= 0.3 is 0 Å². The van der Waals surface area contributed by atoms with E-state index < -0.39 is 6.04 Å². The summed E-state index contributed by atoms with van der Waals surface area (Å²) >= 11 is 0. The van der Waals surface area contributed by atoms with Crippen LogP contribution in [0.3, 0.4) is 0 Å². The molecule has 3 aromatic carbocycles. The van der Waals surface area contributed by atoms with Gasteiger partial charge in [-0.2, -0.15) is 0 Å². The van der Waals surface area contributed by atoms with Crippen LogP contribution in [-0.4, -0.2) is 29.3 Å². The molecule has 0 saturated carbocycles. The SMILES string of the molecule is Cc1ccccc1CN(C(=O)Cc1ccccc1)[C@H](Cc1ccccc1)C(=O)NCC(C)C. The lowest BCUT2D eigenvalue weighted by Crippen LogP contribution is -2.51. The van der Waals surface area contributed by atoms with Crippen molar-refractivity contribution in [2.45, 2.75) is 46.2 Å². The highest BCUT2D eigenvalue weighted by Gasteiger charge is 2.30. The van der Waals surface area contributed by atoms with Crippen LogP contribution in [-0.2, 0) is 29.0 Å². The summed E-state index contributed by atoms with van der Waals surface area (Å²) in [6.07, 6.45) is 0.729. The Hall–Kier alpha value is -3.40.